The fourth-order valence-electron chi connectivity index (χ4n) is 3.01. The van der Waals surface area contributed by atoms with Gasteiger partial charge in [0.2, 0.25) is 0 Å². The summed E-state index contributed by atoms with van der Waals surface area (Å²) in [6, 6.07) is 4.85. The monoisotopic (exact) mass is 285 g/mol. The standard InChI is InChI=1S/C15H21ClFNO/c1-19-15(8-3-2-4-9-15)13(18)10-11-6-5-7-12(16)14(11)17/h5-7,13H,2-4,8-10,18H2,1H3. The first-order valence-electron chi connectivity index (χ1n) is 6.83. The van der Waals surface area contributed by atoms with Crippen LogP contribution in [0, 0.1) is 5.82 Å². The Morgan fingerprint density at radius 3 is 2.68 bits per heavy atom. The van der Waals surface area contributed by atoms with Crippen molar-refractivity contribution in [2.24, 2.45) is 5.73 Å². The van der Waals surface area contributed by atoms with Crippen molar-refractivity contribution in [2.45, 2.75) is 50.2 Å². The fourth-order valence-corrected chi connectivity index (χ4v) is 3.20. The molecule has 2 N–H and O–H groups in total. The average molecular weight is 286 g/mol. The van der Waals surface area contributed by atoms with E-state index >= 15 is 0 Å². The molecule has 2 rings (SSSR count). The van der Waals surface area contributed by atoms with E-state index in [0.717, 1.165) is 25.7 Å². The molecule has 1 unspecified atom stereocenters. The van der Waals surface area contributed by atoms with Crippen molar-refractivity contribution in [1.29, 1.82) is 0 Å². The van der Waals surface area contributed by atoms with Crippen LogP contribution in [0.15, 0.2) is 18.2 Å². The maximum atomic E-state index is 13.9. The van der Waals surface area contributed by atoms with E-state index in [2.05, 4.69) is 0 Å². The van der Waals surface area contributed by atoms with E-state index in [-0.39, 0.29) is 22.5 Å². The van der Waals surface area contributed by atoms with Crippen molar-refractivity contribution in [1.82, 2.24) is 0 Å². The highest BCUT2D eigenvalue weighted by atomic mass is 35.5. The van der Waals surface area contributed by atoms with Crippen LogP contribution in [0.3, 0.4) is 0 Å². The largest absolute Gasteiger partial charge is 0.377 e. The average Bonchev–Trinajstić information content (AvgIpc) is 2.44. The zero-order chi connectivity index (χ0) is 13.9. The first-order chi connectivity index (χ1) is 9.09. The predicted molar refractivity (Wildman–Crippen MR) is 75.9 cm³/mol. The number of hydrogen-bond donors (Lipinski definition) is 1. The lowest BCUT2D eigenvalue weighted by atomic mass is 9.77. The first kappa shape index (κ1) is 14.8. The summed E-state index contributed by atoms with van der Waals surface area (Å²) < 4.78 is 19.6. The third-order valence-corrected chi connectivity index (χ3v) is 4.55. The van der Waals surface area contributed by atoms with Gasteiger partial charge in [-0.15, -0.1) is 0 Å². The Morgan fingerprint density at radius 1 is 1.37 bits per heavy atom. The molecule has 0 saturated heterocycles. The van der Waals surface area contributed by atoms with Gasteiger partial charge in [-0.05, 0) is 30.9 Å². The summed E-state index contributed by atoms with van der Waals surface area (Å²) in [5.41, 5.74) is 6.57. The topological polar surface area (TPSA) is 35.2 Å². The first-order valence-corrected chi connectivity index (χ1v) is 7.20. The summed E-state index contributed by atoms with van der Waals surface area (Å²) >= 11 is 5.80. The minimum atomic E-state index is -0.360. The molecule has 0 aliphatic heterocycles. The fraction of sp³-hybridized carbons (Fsp3) is 0.600. The van der Waals surface area contributed by atoms with Crippen molar-refractivity contribution < 1.29 is 9.13 Å². The molecule has 19 heavy (non-hydrogen) atoms. The smallest absolute Gasteiger partial charge is 0.145 e. The summed E-state index contributed by atoms with van der Waals surface area (Å²) in [5, 5.41) is 0.153. The summed E-state index contributed by atoms with van der Waals surface area (Å²) in [4.78, 5) is 0. The SMILES string of the molecule is COC1(C(N)Cc2cccc(Cl)c2F)CCCCC1. The zero-order valence-electron chi connectivity index (χ0n) is 11.3. The minimum absolute atomic E-state index is 0.153. The highest BCUT2D eigenvalue weighted by Gasteiger charge is 2.38. The number of ether oxygens (including phenoxy) is 1. The Hall–Kier alpha value is -0.640. The van der Waals surface area contributed by atoms with Gasteiger partial charge in [-0.2, -0.15) is 0 Å². The third-order valence-electron chi connectivity index (χ3n) is 4.25. The molecule has 1 aromatic carbocycles. The number of halogens is 2. The second kappa shape index (κ2) is 6.21. The molecule has 2 nitrogen and oxygen atoms in total. The lowest BCUT2D eigenvalue weighted by Crippen LogP contribution is -2.52. The lowest BCUT2D eigenvalue weighted by Gasteiger charge is -2.41. The molecule has 4 heteroatoms. The van der Waals surface area contributed by atoms with E-state index in [1.165, 1.54) is 6.42 Å². The van der Waals surface area contributed by atoms with Crippen LogP contribution < -0.4 is 5.73 Å². The van der Waals surface area contributed by atoms with Gasteiger partial charge in [0.15, 0.2) is 0 Å². The van der Waals surface area contributed by atoms with Crippen LogP contribution in [-0.4, -0.2) is 18.8 Å². The van der Waals surface area contributed by atoms with Crippen molar-refractivity contribution in [3.63, 3.8) is 0 Å². The van der Waals surface area contributed by atoms with E-state index in [4.69, 9.17) is 22.1 Å². The van der Waals surface area contributed by atoms with E-state index in [9.17, 15) is 4.39 Å². The van der Waals surface area contributed by atoms with Crippen LogP contribution in [0.1, 0.15) is 37.7 Å². The normalized spacial score (nSPS) is 20.2. The van der Waals surface area contributed by atoms with E-state index in [0.29, 0.717) is 12.0 Å². The summed E-state index contributed by atoms with van der Waals surface area (Å²) in [6.45, 7) is 0. The Morgan fingerprint density at radius 2 is 2.05 bits per heavy atom. The molecule has 0 aromatic heterocycles. The van der Waals surface area contributed by atoms with Crippen LogP contribution in [0.4, 0.5) is 4.39 Å². The zero-order valence-corrected chi connectivity index (χ0v) is 12.0. The van der Waals surface area contributed by atoms with Gasteiger partial charge in [0, 0.05) is 13.2 Å². The summed E-state index contributed by atoms with van der Waals surface area (Å²) in [6.07, 6.45) is 5.84. The van der Waals surface area contributed by atoms with Gasteiger partial charge in [0.25, 0.3) is 0 Å². The van der Waals surface area contributed by atoms with Crippen molar-refractivity contribution in [3.8, 4) is 0 Å². The van der Waals surface area contributed by atoms with Gasteiger partial charge in [-0.25, -0.2) is 4.39 Å². The number of benzene rings is 1. The van der Waals surface area contributed by atoms with E-state index in [1.807, 2.05) is 0 Å². The van der Waals surface area contributed by atoms with Gasteiger partial charge >= 0.3 is 0 Å². The quantitative estimate of drug-likeness (QED) is 0.915. The van der Waals surface area contributed by atoms with E-state index in [1.54, 1.807) is 25.3 Å². The minimum Gasteiger partial charge on any atom is -0.377 e. The molecule has 1 saturated carbocycles. The number of nitrogens with two attached hydrogens (primary N) is 1. The predicted octanol–water partition coefficient (Wildman–Crippen LogP) is 3.70. The van der Waals surface area contributed by atoms with Crippen molar-refractivity contribution >= 4 is 11.6 Å². The maximum absolute atomic E-state index is 13.9. The molecule has 1 fully saturated rings. The maximum Gasteiger partial charge on any atom is 0.145 e. The molecular weight excluding hydrogens is 265 g/mol. The Bertz CT molecular complexity index is 432. The Labute approximate surface area is 119 Å². The molecule has 0 bridgehead atoms. The van der Waals surface area contributed by atoms with Crippen LogP contribution in [0.5, 0.6) is 0 Å². The number of rotatable bonds is 4. The molecule has 1 aromatic rings. The summed E-state index contributed by atoms with van der Waals surface area (Å²) in [5.74, 6) is -0.360. The van der Waals surface area contributed by atoms with Gasteiger partial charge in [-0.1, -0.05) is 43.0 Å². The number of hydrogen-bond acceptors (Lipinski definition) is 2. The Balaban J connectivity index is 2.15. The van der Waals surface area contributed by atoms with Crippen molar-refractivity contribution in [2.75, 3.05) is 7.11 Å². The van der Waals surface area contributed by atoms with Gasteiger partial charge in [0.1, 0.15) is 5.82 Å². The van der Waals surface area contributed by atoms with E-state index < -0.39 is 0 Å². The highest BCUT2D eigenvalue weighted by Crippen LogP contribution is 2.35. The molecular formula is C15H21ClFNO. The van der Waals surface area contributed by atoms with Gasteiger partial charge < -0.3 is 10.5 Å². The van der Waals surface area contributed by atoms with Gasteiger partial charge in [-0.3, -0.25) is 0 Å². The molecule has 0 spiro atoms. The number of methoxy groups -OCH3 is 1. The molecule has 1 aliphatic carbocycles. The lowest BCUT2D eigenvalue weighted by molar-refractivity contribution is -0.0584. The molecule has 106 valence electrons. The molecule has 1 aliphatic rings. The van der Waals surface area contributed by atoms with Gasteiger partial charge in [0.05, 0.1) is 10.6 Å². The molecule has 0 amide bonds. The van der Waals surface area contributed by atoms with Crippen LogP contribution in [-0.2, 0) is 11.2 Å². The summed E-state index contributed by atoms with van der Waals surface area (Å²) in [7, 11) is 1.71. The Kier molecular flexibility index (Phi) is 4.82. The van der Waals surface area contributed by atoms with Crippen molar-refractivity contribution in [3.05, 3.63) is 34.6 Å². The highest BCUT2D eigenvalue weighted by molar-refractivity contribution is 6.30. The second-order valence-electron chi connectivity index (χ2n) is 5.35. The van der Waals surface area contributed by atoms with Crippen LogP contribution >= 0.6 is 11.6 Å². The van der Waals surface area contributed by atoms with Crippen LogP contribution in [0.2, 0.25) is 5.02 Å². The van der Waals surface area contributed by atoms with Crippen LogP contribution in [0.25, 0.3) is 0 Å². The third kappa shape index (κ3) is 3.10. The molecule has 0 heterocycles. The molecule has 1 atom stereocenters. The second-order valence-corrected chi connectivity index (χ2v) is 5.76. The molecule has 0 radical (unpaired) electrons.